The third kappa shape index (κ3) is 5.55. The van der Waals surface area contributed by atoms with E-state index in [0.717, 1.165) is 18.4 Å². The largest absolute Gasteiger partial charge is 0.508 e. The van der Waals surface area contributed by atoms with Crippen LogP contribution in [0.3, 0.4) is 0 Å². The first-order valence-corrected chi connectivity index (χ1v) is 8.64. The Morgan fingerprint density at radius 3 is 2.27 bits per heavy atom. The van der Waals surface area contributed by atoms with Crippen LogP contribution in [-0.4, -0.2) is 5.11 Å². The minimum atomic E-state index is 0.413. The fourth-order valence-electron chi connectivity index (χ4n) is 2.86. The molecule has 0 saturated heterocycles. The number of phenols is 1. The zero-order valence-corrected chi connectivity index (χ0v) is 13.7. The molecule has 22 heavy (non-hydrogen) atoms. The van der Waals surface area contributed by atoms with Gasteiger partial charge in [-0.15, -0.1) is 0 Å². The molecule has 1 nitrogen and oxygen atoms in total. The number of aryl methyl sites for hydroxylation is 1. The van der Waals surface area contributed by atoms with Gasteiger partial charge in [-0.3, -0.25) is 0 Å². The van der Waals surface area contributed by atoms with E-state index in [9.17, 15) is 5.11 Å². The highest BCUT2D eigenvalue weighted by Crippen LogP contribution is 2.23. The van der Waals surface area contributed by atoms with Gasteiger partial charge in [0.15, 0.2) is 0 Å². The fraction of sp³-hybridized carbons (Fsp3) is 0.429. The summed E-state index contributed by atoms with van der Waals surface area (Å²) in [6.07, 6.45) is 9.87. The van der Waals surface area contributed by atoms with Gasteiger partial charge in [0, 0.05) is 6.42 Å². The topological polar surface area (TPSA) is 20.2 Å². The van der Waals surface area contributed by atoms with E-state index >= 15 is 0 Å². The van der Waals surface area contributed by atoms with Crippen LogP contribution < -0.4 is 0 Å². The highest BCUT2D eigenvalue weighted by molar-refractivity contribution is 5.39. The van der Waals surface area contributed by atoms with Crippen LogP contribution in [0.15, 0.2) is 48.5 Å². The highest BCUT2D eigenvalue weighted by Gasteiger charge is 2.04. The number of unbranched alkanes of at least 4 members (excludes halogenated alkanes) is 5. The Morgan fingerprint density at radius 2 is 1.50 bits per heavy atom. The molecule has 0 aliphatic heterocycles. The lowest BCUT2D eigenvalue weighted by atomic mass is 9.99. The SMILES string of the molecule is CCCCCCCCc1ccc(O)c(Cc2ccccc2)c1. The molecule has 1 heteroatoms. The maximum Gasteiger partial charge on any atom is 0.119 e. The second kappa shape index (κ2) is 9.30. The molecule has 0 bridgehead atoms. The molecule has 1 N–H and O–H groups in total. The van der Waals surface area contributed by atoms with Crippen molar-refractivity contribution in [1.29, 1.82) is 0 Å². The first-order chi connectivity index (χ1) is 10.8. The Morgan fingerprint density at radius 1 is 0.773 bits per heavy atom. The second-order valence-electron chi connectivity index (χ2n) is 6.14. The van der Waals surface area contributed by atoms with E-state index in [-0.39, 0.29) is 0 Å². The summed E-state index contributed by atoms with van der Waals surface area (Å²) < 4.78 is 0. The molecule has 0 unspecified atom stereocenters. The zero-order chi connectivity index (χ0) is 15.6. The van der Waals surface area contributed by atoms with Gasteiger partial charge in [-0.1, -0.05) is 81.5 Å². The summed E-state index contributed by atoms with van der Waals surface area (Å²) in [5, 5.41) is 10.1. The highest BCUT2D eigenvalue weighted by atomic mass is 16.3. The van der Waals surface area contributed by atoms with Crippen LogP contribution in [0.1, 0.15) is 62.1 Å². The monoisotopic (exact) mass is 296 g/mol. The van der Waals surface area contributed by atoms with Gasteiger partial charge in [0.25, 0.3) is 0 Å². The predicted octanol–water partition coefficient (Wildman–Crippen LogP) is 5.89. The molecular formula is C21H28O. The van der Waals surface area contributed by atoms with Crippen molar-refractivity contribution in [2.75, 3.05) is 0 Å². The molecule has 0 amide bonds. The molecule has 0 saturated carbocycles. The second-order valence-corrected chi connectivity index (χ2v) is 6.14. The van der Waals surface area contributed by atoms with Crippen molar-refractivity contribution >= 4 is 0 Å². The minimum absolute atomic E-state index is 0.413. The lowest BCUT2D eigenvalue weighted by Crippen LogP contribution is -1.92. The number of hydrogen-bond acceptors (Lipinski definition) is 1. The molecule has 0 heterocycles. The van der Waals surface area contributed by atoms with Crippen LogP contribution >= 0.6 is 0 Å². The van der Waals surface area contributed by atoms with Crippen molar-refractivity contribution in [3.63, 3.8) is 0 Å². The third-order valence-electron chi connectivity index (χ3n) is 4.20. The van der Waals surface area contributed by atoms with Crippen molar-refractivity contribution < 1.29 is 5.11 Å². The molecule has 0 aliphatic rings. The van der Waals surface area contributed by atoms with Crippen LogP contribution in [0, 0.1) is 0 Å². The Kier molecular flexibility index (Phi) is 7.02. The van der Waals surface area contributed by atoms with Crippen molar-refractivity contribution in [3.8, 4) is 5.75 Å². The van der Waals surface area contributed by atoms with Gasteiger partial charge >= 0.3 is 0 Å². The van der Waals surface area contributed by atoms with Crippen molar-refractivity contribution in [2.45, 2.75) is 58.3 Å². The zero-order valence-electron chi connectivity index (χ0n) is 13.7. The molecule has 2 rings (SSSR count). The van der Waals surface area contributed by atoms with E-state index in [4.69, 9.17) is 0 Å². The average molecular weight is 296 g/mol. The van der Waals surface area contributed by atoms with Crippen molar-refractivity contribution in [3.05, 3.63) is 65.2 Å². The summed E-state index contributed by atoms with van der Waals surface area (Å²) in [5.41, 5.74) is 3.63. The van der Waals surface area contributed by atoms with Gasteiger partial charge in [-0.05, 0) is 35.6 Å². The molecular weight excluding hydrogens is 268 g/mol. The first-order valence-electron chi connectivity index (χ1n) is 8.64. The summed E-state index contributed by atoms with van der Waals surface area (Å²) in [5.74, 6) is 0.413. The van der Waals surface area contributed by atoms with Gasteiger partial charge in [0.2, 0.25) is 0 Å². The van der Waals surface area contributed by atoms with E-state index in [1.54, 1.807) is 0 Å². The molecule has 0 aliphatic carbocycles. The minimum Gasteiger partial charge on any atom is -0.508 e. The summed E-state index contributed by atoms with van der Waals surface area (Å²) in [6.45, 7) is 2.25. The Balaban J connectivity index is 1.87. The molecule has 0 atom stereocenters. The first kappa shape index (κ1) is 16.6. The van der Waals surface area contributed by atoms with E-state index < -0.39 is 0 Å². The maximum atomic E-state index is 10.1. The quantitative estimate of drug-likeness (QED) is 0.572. The van der Waals surface area contributed by atoms with E-state index in [1.165, 1.54) is 49.7 Å². The number of phenolic OH excluding ortho intramolecular Hbond substituents is 1. The Bertz CT molecular complexity index is 545. The summed E-state index contributed by atoms with van der Waals surface area (Å²) in [7, 11) is 0. The van der Waals surface area contributed by atoms with Gasteiger partial charge in [-0.2, -0.15) is 0 Å². The van der Waals surface area contributed by atoms with Crippen LogP contribution in [-0.2, 0) is 12.8 Å². The Labute approximate surface area is 135 Å². The molecule has 0 spiro atoms. The molecule has 0 aromatic heterocycles. The van der Waals surface area contributed by atoms with Crippen LogP contribution in [0.25, 0.3) is 0 Å². The van der Waals surface area contributed by atoms with Crippen molar-refractivity contribution in [1.82, 2.24) is 0 Å². The Hall–Kier alpha value is -1.76. The van der Waals surface area contributed by atoms with E-state index in [0.29, 0.717) is 5.75 Å². The summed E-state index contributed by atoms with van der Waals surface area (Å²) in [6, 6.07) is 16.4. The van der Waals surface area contributed by atoms with Gasteiger partial charge < -0.3 is 5.11 Å². The number of rotatable bonds is 9. The molecule has 118 valence electrons. The standard InChI is InChI=1S/C21H28O/c1-2-3-4-5-6-8-13-19-14-15-21(22)20(17-19)16-18-11-9-7-10-12-18/h7,9-12,14-15,17,22H,2-6,8,13,16H2,1H3. The van der Waals surface area contributed by atoms with Crippen LogP contribution in [0.4, 0.5) is 0 Å². The molecule has 2 aromatic carbocycles. The summed E-state index contributed by atoms with van der Waals surface area (Å²) >= 11 is 0. The van der Waals surface area contributed by atoms with Gasteiger partial charge in [0.1, 0.15) is 5.75 Å². The van der Waals surface area contributed by atoms with Gasteiger partial charge in [0.05, 0.1) is 0 Å². The fourth-order valence-corrected chi connectivity index (χ4v) is 2.86. The maximum absolute atomic E-state index is 10.1. The van der Waals surface area contributed by atoms with Crippen LogP contribution in [0.2, 0.25) is 0 Å². The van der Waals surface area contributed by atoms with Gasteiger partial charge in [-0.25, -0.2) is 0 Å². The number of benzene rings is 2. The number of hydrogen-bond donors (Lipinski definition) is 1. The van der Waals surface area contributed by atoms with E-state index in [1.807, 2.05) is 24.3 Å². The lowest BCUT2D eigenvalue weighted by molar-refractivity contribution is 0.469. The smallest absolute Gasteiger partial charge is 0.119 e. The predicted molar refractivity (Wildman–Crippen MR) is 94.4 cm³/mol. The van der Waals surface area contributed by atoms with Crippen molar-refractivity contribution in [2.24, 2.45) is 0 Å². The van der Waals surface area contributed by atoms with Crippen LogP contribution in [0.5, 0.6) is 5.75 Å². The average Bonchev–Trinajstić information content (AvgIpc) is 2.55. The molecule has 0 radical (unpaired) electrons. The molecule has 0 fully saturated rings. The lowest BCUT2D eigenvalue weighted by Gasteiger charge is -2.08. The normalized spacial score (nSPS) is 10.8. The number of aromatic hydroxyl groups is 1. The molecule has 2 aromatic rings. The summed E-state index contributed by atoms with van der Waals surface area (Å²) in [4.78, 5) is 0. The third-order valence-corrected chi connectivity index (χ3v) is 4.20. The van der Waals surface area contributed by atoms with E-state index in [2.05, 4.69) is 31.2 Å².